The van der Waals surface area contributed by atoms with Crippen molar-refractivity contribution in [1.82, 2.24) is 15.2 Å². The molecule has 2 heterocycles. The van der Waals surface area contributed by atoms with Crippen molar-refractivity contribution in [3.8, 4) is 16.5 Å². The van der Waals surface area contributed by atoms with Gasteiger partial charge in [-0.3, -0.25) is 15.1 Å². The van der Waals surface area contributed by atoms with Crippen molar-refractivity contribution >= 4 is 22.4 Å². The lowest BCUT2D eigenvalue weighted by molar-refractivity contribution is -0.139. The van der Waals surface area contributed by atoms with Crippen LogP contribution < -0.4 is 10.1 Å². The summed E-state index contributed by atoms with van der Waals surface area (Å²) in [4.78, 5) is 16.0. The number of carbonyl (C=O) groups excluding carboxylic acids is 1. The van der Waals surface area contributed by atoms with Gasteiger partial charge in [0.25, 0.3) is 5.91 Å². The number of nitrogens with zero attached hydrogens (tertiary/aromatic N) is 3. The highest BCUT2D eigenvalue weighted by Crippen LogP contribution is 2.35. The fourth-order valence-electron chi connectivity index (χ4n) is 1.99. The van der Waals surface area contributed by atoms with Gasteiger partial charge in [-0.1, -0.05) is 29.5 Å². The van der Waals surface area contributed by atoms with E-state index in [4.69, 9.17) is 4.74 Å². The van der Waals surface area contributed by atoms with Crippen molar-refractivity contribution in [2.24, 2.45) is 0 Å². The molecule has 0 unspecified atom stereocenters. The molecule has 0 spiro atoms. The maximum atomic E-state index is 12.9. The first kappa shape index (κ1) is 17.8. The molecule has 1 N–H and O–H groups in total. The summed E-state index contributed by atoms with van der Waals surface area (Å²) in [5, 5.41) is 10.8. The molecule has 3 rings (SSSR count). The number of benzene rings is 1. The number of nitrogens with one attached hydrogen (secondary N) is 1. The van der Waals surface area contributed by atoms with Gasteiger partial charge < -0.3 is 4.74 Å². The van der Waals surface area contributed by atoms with Crippen LogP contribution in [0.5, 0.6) is 5.75 Å². The summed E-state index contributed by atoms with van der Waals surface area (Å²) in [6.45, 7) is -0.592. The van der Waals surface area contributed by atoms with Gasteiger partial charge in [0.05, 0.1) is 5.56 Å². The van der Waals surface area contributed by atoms with Crippen LogP contribution in [0.2, 0.25) is 0 Å². The van der Waals surface area contributed by atoms with E-state index in [2.05, 4.69) is 20.5 Å². The number of amides is 1. The molecule has 0 bridgehead atoms. The molecule has 2 aromatic heterocycles. The van der Waals surface area contributed by atoms with E-state index in [-0.39, 0.29) is 5.13 Å². The van der Waals surface area contributed by atoms with E-state index >= 15 is 0 Å². The second kappa shape index (κ2) is 7.48. The molecule has 0 fully saturated rings. The van der Waals surface area contributed by atoms with Crippen molar-refractivity contribution < 1.29 is 22.7 Å². The third-order valence-corrected chi connectivity index (χ3v) is 3.97. The Kier molecular flexibility index (Phi) is 5.12. The number of rotatable bonds is 5. The average Bonchev–Trinajstić information content (AvgIpc) is 3.09. The third kappa shape index (κ3) is 4.33. The minimum atomic E-state index is -4.57. The van der Waals surface area contributed by atoms with Crippen LogP contribution in [0.15, 0.2) is 48.7 Å². The van der Waals surface area contributed by atoms with Crippen LogP contribution >= 0.6 is 11.3 Å². The zero-order valence-corrected chi connectivity index (χ0v) is 13.8. The van der Waals surface area contributed by atoms with E-state index < -0.39 is 30.0 Å². The normalized spacial score (nSPS) is 11.2. The van der Waals surface area contributed by atoms with Crippen molar-refractivity contribution in [3.63, 3.8) is 0 Å². The Balaban J connectivity index is 1.62. The van der Waals surface area contributed by atoms with E-state index in [0.29, 0.717) is 10.7 Å². The van der Waals surface area contributed by atoms with Crippen LogP contribution in [0.4, 0.5) is 18.3 Å². The summed E-state index contributed by atoms with van der Waals surface area (Å²) in [5.41, 5.74) is -0.345. The molecule has 134 valence electrons. The van der Waals surface area contributed by atoms with Gasteiger partial charge in [-0.05, 0) is 24.3 Å². The van der Waals surface area contributed by atoms with Crippen molar-refractivity contribution in [2.45, 2.75) is 6.18 Å². The number of aromatic nitrogens is 3. The van der Waals surface area contributed by atoms with Crippen LogP contribution in [-0.2, 0) is 11.0 Å². The van der Waals surface area contributed by atoms with Gasteiger partial charge >= 0.3 is 6.18 Å². The van der Waals surface area contributed by atoms with Crippen LogP contribution in [-0.4, -0.2) is 27.7 Å². The Morgan fingerprint density at radius 3 is 2.62 bits per heavy atom. The topological polar surface area (TPSA) is 77.0 Å². The van der Waals surface area contributed by atoms with Crippen LogP contribution in [0.1, 0.15) is 5.56 Å². The van der Waals surface area contributed by atoms with Crippen molar-refractivity contribution in [1.29, 1.82) is 0 Å². The quantitative estimate of drug-likeness (QED) is 0.731. The van der Waals surface area contributed by atoms with Gasteiger partial charge in [0.15, 0.2) is 11.6 Å². The molecule has 1 amide bonds. The number of ether oxygens (including phenoxy) is 1. The smallest absolute Gasteiger partial charge is 0.419 e. The molecule has 26 heavy (non-hydrogen) atoms. The van der Waals surface area contributed by atoms with E-state index in [0.717, 1.165) is 23.5 Å². The Morgan fingerprint density at radius 1 is 1.12 bits per heavy atom. The number of para-hydroxylation sites is 1. The van der Waals surface area contributed by atoms with Crippen LogP contribution in [0, 0.1) is 0 Å². The first-order valence-corrected chi connectivity index (χ1v) is 8.09. The lowest BCUT2D eigenvalue weighted by Crippen LogP contribution is -2.21. The maximum Gasteiger partial charge on any atom is 0.419 e. The minimum Gasteiger partial charge on any atom is -0.483 e. The zero-order valence-electron chi connectivity index (χ0n) is 13.0. The minimum absolute atomic E-state index is 0.198. The van der Waals surface area contributed by atoms with Gasteiger partial charge in [-0.15, -0.1) is 10.2 Å². The largest absolute Gasteiger partial charge is 0.483 e. The molecule has 6 nitrogen and oxygen atoms in total. The van der Waals surface area contributed by atoms with Gasteiger partial charge in [-0.2, -0.15) is 13.2 Å². The third-order valence-electron chi connectivity index (χ3n) is 3.11. The van der Waals surface area contributed by atoms with Crippen LogP contribution in [0.3, 0.4) is 0 Å². The number of alkyl halides is 3. The standard InChI is InChI=1S/C16H11F3N4O2S/c17-16(18,19)10-5-1-2-7-12(10)25-9-13(24)21-15-23-22-14(26-15)11-6-3-4-8-20-11/h1-8H,9H2,(H,21,23,24). The Bertz CT molecular complexity index is 900. The molecular weight excluding hydrogens is 369 g/mol. The second-order valence-electron chi connectivity index (χ2n) is 4.96. The van der Waals surface area contributed by atoms with E-state index in [1.807, 2.05) is 0 Å². The predicted molar refractivity (Wildman–Crippen MR) is 88.7 cm³/mol. The number of halogens is 3. The van der Waals surface area contributed by atoms with Gasteiger partial charge in [-0.25, -0.2) is 0 Å². The summed E-state index contributed by atoms with van der Waals surface area (Å²) < 4.78 is 43.6. The average molecular weight is 380 g/mol. The Morgan fingerprint density at radius 2 is 1.88 bits per heavy atom. The van der Waals surface area contributed by atoms with Gasteiger partial charge in [0.1, 0.15) is 11.4 Å². The molecule has 0 aliphatic rings. The van der Waals surface area contributed by atoms with E-state index in [1.54, 1.807) is 24.4 Å². The lowest BCUT2D eigenvalue weighted by atomic mass is 10.2. The van der Waals surface area contributed by atoms with Crippen molar-refractivity contribution in [3.05, 3.63) is 54.2 Å². The highest BCUT2D eigenvalue weighted by Gasteiger charge is 2.34. The molecule has 3 aromatic rings. The van der Waals surface area contributed by atoms with Crippen molar-refractivity contribution in [2.75, 3.05) is 11.9 Å². The monoisotopic (exact) mass is 380 g/mol. The molecule has 0 saturated carbocycles. The van der Waals surface area contributed by atoms with E-state index in [9.17, 15) is 18.0 Å². The molecule has 0 saturated heterocycles. The SMILES string of the molecule is O=C(COc1ccccc1C(F)(F)F)Nc1nnc(-c2ccccn2)s1. The summed E-state index contributed by atoms with van der Waals surface area (Å²) in [7, 11) is 0. The highest BCUT2D eigenvalue weighted by molar-refractivity contribution is 7.18. The maximum absolute atomic E-state index is 12.9. The number of anilines is 1. The molecule has 0 aliphatic heterocycles. The van der Waals surface area contributed by atoms with E-state index in [1.165, 1.54) is 12.1 Å². The lowest BCUT2D eigenvalue weighted by Gasteiger charge is -2.13. The molecule has 0 aliphatic carbocycles. The predicted octanol–water partition coefficient (Wildman–Crippen LogP) is 3.64. The molecule has 10 heteroatoms. The Hall–Kier alpha value is -3.01. The zero-order chi connectivity index (χ0) is 18.6. The summed E-state index contributed by atoms with van der Waals surface area (Å²) in [6, 6.07) is 9.96. The van der Waals surface area contributed by atoms with Crippen LogP contribution in [0.25, 0.3) is 10.7 Å². The highest BCUT2D eigenvalue weighted by atomic mass is 32.1. The molecule has 0 radical (unpaired) electrons. The van der Waals surface area contributed by atoms with Gasteiger partial charge in [0.2, 0.25) is 5.13 Å². The fourth-order valence-corrected chi connectivity index (χ4v) is 2.73. The summed E-state index contributed by atoms with van der Waals surface area (Å²) >= 11 is 1.09. The second-order valence-corrected chi connectivity index (χ2v) is 5.94. The summed E-state index contributed by atoms with van der Waals surface area (Å²) in [5.74, 6) is -1.06. The summed E-state index contributed by atoms with van der Waals surface area (Å²) in [6.07, 6.45) is -2.97. The van der Waals surface area contributed by atoms with Gasteiger partial charge in [0, 0.05) is 6.20 Å². The Labute approximate surface area is 149 Å². The first-order valence-electron chi connectivity index (χ1n) is 7.27. The number of pyridine rings is 1. The number of hydrogen-bond acceptors (Lipinski definition) is 6. The molecular formula is C16H11F3N4O2S. The number of carbonyl (C=O) groups is 1. The molecule has 0 atom stereocenters. The first-order chi connectivity index (χ1) is 12.4. The number of hydrogen-bond donors (Lipinski definition) is 1. The fraction of sp³-hybridized carbons (Fsp3) is 0.125. The molecule has 1 aromatic carbocycles.